The van der Waals surface area contributed by atoms with E-state index < -0.39 is 0 Å². The quantitative estimate of drug-likeness (QED) is 0.506. The summed E-state index contributed by atoms with van der Waals surface area (Å²) in [4.78, 5) is 12.6. The summed E-state index contributed by atoms with van der Waals surface area (Å²) >= 11 is 4.95. The number of aromatic nitrogens is 2. The number of nitrogens with zero attached hydrogens (tertiary/aromatic N) is 2. The molecule has 1 saturated carbocycles. The van der Waals surface area contributed by atoms with Crippen molar-refractivity contribution in [2.24, 2.45) is 5.92 Å². The van der Waals surface area contributed by atoms with Crippen molar-refractivity contribution in [1.82, 2.24) is 15.5 Å². The summed E-state index contributed by atoms with van der Waals surface area (Å²) in [6, 6.07) is 0.374. The number of hydrogen-bond acceptors (Lipinski definition) is 6. The SMILES string of the molecule is CCCCSc1nnc(SC(C(=O)NC2CCCC2)C(C)C)s1. The molecule has 0 aliphatic heterocycles. The van der Waals surface area contributed by atoms with Crippen molar-refractivity contribution in [2.45, 2.75) is 79.3 Å². The zero-order valence-corrected chi connectivity index (χ0v) is 16.7. The summed E-state index contributed by atoms with van der Waals surface area (Å²) in [5, 5.41) is 11.6. The van der Waals surface area contributed by atoms with Crippen molar-refractivity contribution in [3.8, 4) is 0 Å². The Morgan fingerprint density at radius 2 is 2.00 bits per heavy atom. The summed E-state index contributed by atoms with van der Waals surface area (Å²) in [6.45, 7) is 6.39. The molecular weight excluding hydrogens is 346 g/mol. The highest BCUT2D eigenvalue weighted by molar-refractivity contribution is 8.04. The van der Waals surface area contributed by atoms with E-state index in [-0.39, 0.29) is 17.1 Å². The largest absolute Gasteiger partial charge is 0.352 e. The molecular formula is C16H27N3OS3. The van der Waals surface area contributed by atoms with Gasteiger partial charge >= 0.3 is 0 Å². The van der Waals surface area contributed by atoms with Crippen LogP contribution in [-0.4, -0.2) is 33.1 Å². The molecule has 1 unspecified atom stereocenters. The molecule has 1 fully saturated rings. The van der Waals surface area contributed by atoms with Crippen LogP contribution in [0.1, 0.15) is 59.3 Å². The van der Waals surface area contributed by atoms with Gasteiger partial charge in [0, 0.05) is 11.8 Å². The molecule has 2 rings (SSSR count). The van der Waals surface area contributed by atoms with Crippen molar-refractivity contribution < 1.29 is 4.79 Å². The van der Waals surface area contributed by atoms with E-state index in [2.05, 4.69) is 36.3 Å². The number of unbranched alkanes of at least 4 members (excludes halogenated alkanes) is 1. The van der Waals surface area contributed by atoms with Gasteiger partial charge in [-0.25, -0.2) is 0 Å². The topological polar surface area (TPSA) is 54.9 Å². The molecule has 1 amide bonds. The molecule has 0 saturated heterocycles. The number of carbonyl (C=O) groups excluding carboxylic acids is 1. The Labute approximate surface area is 152 Å². The van der Waals surface area contributed by atoms with E-state index in [1.165, 1.54) is 25.7 Å². The van der Waals surface area contributed by atoms with E-state index in [4.69, 9.17) is 0 Å². The van der Waals surface area contributed by atoms with E-state index in [0.717, 1.165) is 27.3 Å². The van der Waals surface area contributed by atoms with Crippen LogP contribution in [0, 0.1) is 5.92 Å². The lowest BCUT2D eigenvalue weighted by Crippen LogP contribution is -2.40. The van der Waals surface area contributed by atoms with Gasteiger partial charge in [-0.1, -0.05) is 74.9 Å². The van der Waals surface area contributed by atoms with Crippen LogP contribution in [0.4, 0.5) is 0 Å². The fourth-order valence-electron chi connectivity index (χ4n) is 2.56. The second-order valence-electron chi connectivity index (χ2n) is 6.31. The Morgan fingerprint density at radius 1 is 1.30 bits per heavy atom. The summed E-state index contributed by atoms with van der Waals surface area (Å²) in [5.74, 6) is 1.53. The average molecular weight is 374 g/mol. The van der Waals surface area contributed by atoms with Crippen molar-refractivity contribution in [1.29, 1.82) is 0 Å². The lowest BCUT2D eigenvalue weighted by atomic mass is 10.1. The first-order chi connectivity index (χ1) is 11.1. The molecule has 7 heteroatoms. The lowest BCUT2D eigenvalue weighted by molar-refractivity contribution is -0.121. The summed E-state index contributed by atoms with van der Waals surface area (Å²) < 4.78 is 1.92. The monoisotopic (exact) mass is 373 g/mol. The van der Waals surface area contributed by atoms with Gasteiger partial charge in [-0.2, -0.15) is 0 Å². The minimum absolute atomic E-state index is 0.0861. The van der Waals surface area contributed by atoms with Gasteiger partial charge in [0.05, 0.1) is 5.25 Å². The minimum Gasteiger partial charge on any atom is -0.352 e. The lowest BCUT2D eigenvalue weighted by Gasteiger charge is -2.21. The molecule has 1 heterocycles. The predicted octanol–water partition coefficient (Wildman–Crippen LogP) is 4.61. The first-order valence-corrected chi connectivity index (χ1v) is 11.2. The van der Waals surface area contributed by atoms with Gasteiger partial charge in [0.1, 0.15) is 0 Å². The molecule has 130 valence electrons. The molecule has 1 aromatic heterocycles. The molecule has 1 aromatic rings. The van der Waals surface area contributed by atoms with Crippen LogP contribution in [0.5, 0.6) is 0 Å². The Bertz CT molecular complexity index is 487. The molecule has 1 atom stereocenters. The van der Waals surface area contributed by atoms with Crippen molar-refractivity contribution >= 4 is 40.8 Å². The molecule has 1 aliphatic carbocycles. The zero-order valence-electron chi connectivity index (χ0n) is 14.2. The van der Waals surface area contributed by atoms with Crippen LogP contribution >= 0.6 is 34.9 Å². The van der Waals surface area contributed by atoms with E-state index in [0.29, 0.717) is 6.04 Å². The third kappa shape index (κ3) is 6.27. The predicted molar refractivity (Wildman–Crippen MR) is 100 cm³/mol. The van der Waals surface area contributed by atoms with E-state index >= 15 is 0 Å². The number of rotatable bonds is 9. The van der Waals surface area contributed by atoms with Gasteiger partial charge in [-0.05, 0) is 25.2 Å². The van der Waals surface area contributed by atoms with Crippen LogP contribution < -0.4 is 5.32 Å². The van der Waals surface area contributed by atoms with Gasteiger partial charge in [-0.15, -0.1) is 10.2 Å². The maximum Gasteiger partial charge on any atom is 0.234 e. The second-order valence-corrected chi connectivity index (χ2v) is 10.0. The van der Waals surface area contributed by atoms with Crippen LogP contribution in [-0.2, 0) is 4.79 Å². The first-order valence-electron chi connectivity index (χ1n) is 8.53. The highest BCUT2D eigenvalue weighted by atomic mass is 32.2. The van der Waals surface area contributed by atoms with Gasteiger partial charge in [-0.3, -0.25) is 4.79 Å². The van der Waals surface area contributed by atoms with Gasteiger partial charge in [0.25, 0.3) is 0 Å². The summed E-state index contributed by atoms with van der Waals surface area (Å²) in [5.41, 5.74) is 0. The number of thioether (sulfide) groups is 2. The standard InChI is InChI=1S/C16H27N3OS3/c1-4-5-10-21-15-18-19-16(23-15)22-13(11(2)3)14(20)17-12-8-6-7-9-12/h11-13H,4-10H2,1-3H3,(H,17,20). The Kier molecular flexibility index (Phi) is 8.19. The minimum atomic E-state index is -0.0861. The maximum atomic E-state index is 12.6. The van der Waals surface area contributed by atoms with Crippen molar-refractivity contribution in [3.05, 3.63) is 0 Å². The smallest absolute Gasteiger partial charge is 0.234 e. The zero-order chi connectivity index (χ0) is 16.7. The first kappa shape index (κ1) is 19.1. The van der Waals surface area contributed by atoms with Crippen molar-refractivity contribution in [2.75, 3.05) is 5.75 Å². The third-order valence-electron chi connectivity index (χ3n) is 3.90. The van der Waals surface area contributed by atoms with Crippen LogP contribution in [0.25, 0.3) is 0 Å². The molecule has 0 spiro atoms. The van der Waals surface area contributed by atoms with E-state index in [1.54, 1.807) is 34.9 Å². The van der Waals surface area contributed by atoms with E-state index in [9.17, 15) is 4.79 Å². The van der Waals surface area contributed by atoms with E-state index in [1.807, 2.05) is 0 Å². The normalized spacial score (nSPS) is 16.9. The Morgan fingerprint density at radius 3 is 2.65 bits per heavy atom. The number of nitrogens with one attached hydrogen (secondary N) is 1. The van der Waals surface area contributed by atoms with Crippen LogP contribution in [0.3, 0.4) is 0 Å². The molecule has 1 N–H and O–H groups in total. The summed E-state index contributed by atoms with van der Waals surface area (Å²) in [6.07, 6.45) is 7.12. The molecule has 23 heavy (non-hydrogen) atoms. The summed E-state index contributed by atoms with van der Waals surface area (Å²) in [7, 11) is 0. The average Bonchev–Trinajstić information content (AvgIpc) is 3.16. The Balaban J connectivity index is 1.89. The number of amides is 1. The fraction of sp³-hybridized carbons (Fsp3) is 0.812. The molecule has 0 bridgehead atoms. The number of carbonyl (C=O) groups is 1. The Hall–Kier alpha value is -0.270. The highest BCUT2D eigenvalue weighted by Gasteiger charge is 2.28. The van der Waals surface area contributed by atoms with Gasteiger partial charge in [0.15, 0.2) is 8.68 Å². The van der Waals surface area contributed by atoms with Gasteiger partial charge < -0.3 is 5.32 Å². The van der Waals surface area contributed by atoms with Crippen LogP contribution in [0.2, 0.25) is 0 Å². The molecule has 0 radical (unpaired) electrons. The van der Waals surface area contributed by atoms with Crippen LogP contribution in [0.15, 0.2) is 8.68 Å². The van der Waals surface area contributed by atoms with Crippen molar-refractivity contribution in [3.63, 3.8) is 0 Å². The molecule has 4 nitrogen and oxygen atoms in total. The second kappa shape index (κ2) is 9.89. The highest BCUT2D eigenvalue weighted by Crippen LogP contribution is 2.34. The third-order valence-corrected chi connectivity index (χ3v) is 7.68. The maximum absolute atomic E-state index is 12.6. The molecule has 1 aliphatic rings. The fourth-order valence-corrected chi connectivity index (χ4v) is 5.95. The van der Waals surface area contributed by atoms with Gasteiger partial charge in [0.2, 0.25) is 5.91 Å². The number of hydrogen-bond donors (Lipinski definition) is 1. The molecule has 0 aromatic carbocycles.